The quantitative estimate of drug-likeness (QED) is 0.824. The first-order valence-corrected chi connectivity index (χ1v) is 5.83. The van der Waals surface area contributed by atoms with Crippen LogP contribution >= 0.6 is 0 Å². The van der Waals surface area contributed by atoms with Gasteiger partial charge in [-0.1, -0.05) is 12.1 Å². The number of nitrogens with zero attached hydrogens (tertiary/aromatic N) is 1. The zero-order chi connectivity index (χ0) is 11.5. The fraction of sp³-hybridized carbons (Fsp3) is 0.538. The highest BCUT2D eigenvalue weighted by Gasteiger charge is 2.24. The summed E-state index contributed by atoms with van der Waals surface area (Å²) in [5.74, 6) is 0.288. The third-order valence-corrected chi connectivity index (χ3v) is 3.38. The Balaban J connectivity index is 2.02. The van der Waals surface area contributed by atoms with E-state index in [0.717, 1.165) is 31.5 Å². The van der Waals surface area contributed by atoms with Crippen LogP contribution in [0, 0.1) is 11.7 Å². The number of nitrogens with two attached hydrogens (primary N) is 1. The number of benzene rings is 1. The summed E-state index contributed by atoms with van der Waals surface area (Å²) >= 11 is 0. The van der Waals surface area contributed by atoms with Crippen LogP contribution in [0.15, 0.2) is 24.3 Å². The Morgan fingerprint density at radius 3 is 3.06 bits per heavy atom. The van der Waals surface area contributed by atoms with Crippen LogP contribution in [-0.4, -0.2) is 31.1 Å². The maximum absolute atomic E-state index is 13.1. The van der Waals surface area contributed by atoms with Gasteiger partial charge >= 0.3 is 0 Å². The third kappa shape index (κ3) is 2.80. The zero-order valence-electron chi connectivity index (χ0n) is 9.70. The Kier molecular flexibility index (Phi) is 3.56. The lowest BCUT2D eigenvalue weighted by atomic mass is 9.87. The van der Waals surface area contributed by atoms with Crippen molar-refractivity contribution in [1.29, 1.82) is 0 Å². The van der Waals surface area contributed by atoms with E-state index in [-0.39, 0.29) is 11.9 Å². The van der Waals surface area contributed by atoms with Gasteiger partial charge in [0.05, 0.1) is 0 Å². The molecule has 1 saturated heterocycles. The predicted molar refractivity (Wildman–Crippen MR) is 63.7 cm³/mol. The van der Waals surface area contributed by atoms with Crippen LogP contribution in [0.5, 0.6) is 0 Å². The van der Waals surface area contributed by atoms with Crippen molar-refractivity contribution in [3.8, 4) is 0 Å². The summed E-state index contributed by atoms with van der Waals surface area (Å²) in [6.45, 7) is 2.08. The molecule has 2 unspecified atom stereocenters. The number of piperidine rings is 1. The molecule has 1 heterocycles. The Morgan fingerprint density at radius 1 is 1.50 bits per heavy atom. The molecular weight excluding hydrogens is 203 g/mol. The molecule has 2 rings (SSSR count). The normalized spacial score (nSPS) is 26.9. The number of likely N-dealkylation sites (tertiary alicyclic amines) is 1. The van der Waals surface area contributed by atoms with Gasteiger partial charge in [0, 0.05) is 12.6 Å². The zero-order valence-corrected chi connectivity index (χ0v) is 9.70. The first-order valence-electron chi connectivity index (χ1n) is 5.83. The molecule has 0 saturated carbocycles. The first-order chi connectivity index (χ1) is 7.65. The second-order valence-corrected chi connectivity index (χ2v) is 4.81. The number of halogens is 1. The van der Waals surface area contributed by atoms with Crippen LogP contribution < -0.4 is 5.73 Å². The second-order valence-electron chi connectivity index (χ2n) is 4.81. The van der Waals surface area contributed by atoms with Crippen LogP contribution in [-0.2, 0) is 6.42 Å². The monoisotopic (exact) mass is 222 g/mol. The van der Waals surface area contributed by atoms with Gasteiger partial charge in [0.25, 0.3) is 0 Å². The van der Waals surface area contributed by atoms with Crippen molar-refractivity contribution in [1.82, 2.24) is 4.90 Å². The first kappa shape index (κ1) is 11.6. The van der Waals surface area contributed by atoms with Crippen LogP contribution in [0.1, 0.15) is 12.0 Å². The summed E-state index contributed by atoms with van der Waals surface area (Å²) < 4.78 is 13.1. The van der Waals surface area contributed by atoms with Gasteiger partial charge in [0.15, 0.2) is 0 Å². The fourth-order valence-electron chi connectivity index (χ4n) is 2.41. The van der Waals surface area contributed by atoms with Gasteiger partial charge in [-0.05, 0) is 50.0 Å². The van der Waals surface area contributed by atoms with Crippen LogP contribution in [0.25, 0.3) is 0 Å². The van der Waals surface area contributed by atoms with Gasteiger partial charge in [-0.25, -0.2) is 4.39 Å². The maximum atomic E-state index is 13.1. The molecule has 0 amide bonds. The van der Waals surface area contributed by atoms with E-state index < -0.39 is 0 Å². The van der Waals surface area contributed by atoms with E-state index in [1.54, 1.807) is 12.1 Å². The molecule has 0 spiro atoms. The largest absolute Gasteiger partial charge is 0.327 e. The molecule has 1 aliphatic rings. The molecule has 0 aliphatic carbocycles. The Bertz CT molecular complexity index is 354. The van der Waals surface area contributed by atoms with Crippen molar-refractivity contribution < 1.29 is 4.39 Å². The number of hydrogen-bond donors (Lipinski definition) is 1. The highest BCUT2D eigenvalue weighted by molar-refractivity contribution is 5.17. The molecule has 2 nitrogen and oxygen atoms in total. The van der Waals surface area contributed by atoms with Crippen molar-refractivity contribution in [2.24, 2.45) is 11.7 Å². The van der Waals surface area contributed by atoms with Gasteiger partial charge in [-0.2, -0.15) is 0 Å². The van der Waals surface area contributed by atoms with E-state index in [9.17, 15) is 4.39 Å². The van der Waals surface area contributed by atoms with Gasteiger partial charge in [0.2, 0.25) is 0 Å². The average Bonchev–Trinajstić information content (AvgIpc) is 2.24. The molecule has 0 bridgehead atoms. The summed E-state index contributed by atoms with van der Waals surface area (Å²) in [4.78, 5) is 2.30. The summed E-state index contributed by atoms with van der Waals surface area (Å²) in [7, 11) is 2.12. The van der Waals surface area contributed by atoms with E-state index in [4.69, 9.17) is 5.73 Å². The van der Waals surface area contributed by atoms with E-state index in [1.807, 2.05) is 6.07 Å². The maximum Gasteiger partial charge on any atom is 0.123 e. The minimum atomic E-state index is -0.157. The predicted octanol–water partition coefficient (Wildman–Crippen LogP) is 1.65. The minimum Gasteiger partial charge on any atom is -0.327 e. The lowest BCUT2D eigenvalue weighted by Crippen LogP contribution is -2.46. The smallest absolute Gasteiger partial charge is 0.123 e. The van der Waals surface area contributed by atoms with Gasteiger partial charge in [0.1, 0.15) is 5.82 Å². The molecule has 2 N–H and O–H groups in total. The Labute approximate surface area is 96.2 Å². The van der Waals surface area contributed by atoms with E-state index in [1.165, 1.54) is 6.07 Å². The molecule has 1 aromatic carbocycles. The fourth-order valence-corrected chi connectivity index (χ4v) is 2.41. The standard InChI is InChI=1S/C13H19FN2/c1-16-6-5-13(15)11(9-16)7-10-3-2-4-12(14)8-10/h2-4,8,11,13H,5-7,9,15H2,1H3. The molecule has 16 heavy (non-hydrogen) atoms. The van der Waals surface area contributed by atoms with Crippen molar-refractivity contribution in [3.05, 3.63) is 35.6 Å². The molecule has 88 valence electrons. The SMILES string of the molecule is CN1CCC(N)C(Cc2cccc(F)c2)C1. The van der Waals surface area contributed by atoms with E-state index in [2.05, 4.69) is 11.9 Å². The van der Waals surface area contributed by atoms with E-state index in [0.29, 0.717) is 5.92 Å². The van der Waals surface area contributed by atoms with Gasteiger partial charge < -0.3 is 10.6 Å². The number of hydrogen-bond acceptors (Lipinski definition) is 2. The molecule has 2 atom stereocenters. The van der Waals surface area contributed by atoms with E-state index >= 15 is 0 Å². The van der Waals surface area contributed by atoms with Gasteiger partial charge in [-0.3, -0.25) is 0 Å². The molecule has 3 heteroatoms. The minimum absolute atomic E-state index is 0.157. The number of rotatable bonds is 2. The molecule has 0 aromatic heterocycles. The van der Waals surface area contributed by atoms with Crippen LogP contribution in [0.3, 0.4) is 0 Å². The lowest BCUT2D eigenvalue weighted by Gasteiger charge is -2.34. The van der Waals surface area contributed by atoms with Crippen molar-refractivity contribution >= 4 is 0 Å². The molecule has 1 fully saturated rings. The molecular formula is C13H19FN2. The molecule has 1 aliphatic heterocycles. The third-order valence-electron chi connectivity index (χ3n) is 3.38. The van der Waals surface area contributed by atoms with Crippen molar-refractivity contribution in [2.75, 3.05) is 20.1 Å². The summed E-state index contributed by atoms with van der Waals surface area (Å²) in [5, 5.41) is 0. The molecule has 1 aromatic rings. The lowest BCUT2D eigenvalue weighted by molar-refractivity contribution is 0.185. The van der Waals surface area contributed by atoms with Gasteiger partial charge in [-0.15, -0.1) is 0 Å². The van der Waals surface area contributed by atoms with Crippen LogP contribution in [0.4, 0.5) is 4.39 Å². The van der Waals surface area contributed by atoms with Crippen LogP contribution in [0.2, 0.25) is 0 Å². The average molecular weight is 222 g/mol. The summed E-state index contributed by atoms with van der Waals surface area (Å²) in [6.07, 6.45) is 1.92. The molecule has 0 radical (unpaired) electrons. The highest BCUT2D eigenvalue weighted by atomic mass is 19.1. The topological polar surface area (TPSA) is 29.3 Å². The summed E-state index contributed by atoms with van der Waals surface area (Å²) in [5.41, 5.74) is 7.16. The highest BCUT2D eigenvalue weighted by Crippen LogP contribution is 2.19. The Morgan fingerprint density at radius 2 is 2.31 bits per heavy atom. The summed E-state index contributed by atoms with van der Waals surface area (Å²) in [6, 6.07) is 7.09. The van der Waals surface area contributed by atoms with Crippen molar-refractivity contribution in [3.63, 3.8) is 0 Å². The Hall–Kier alpha value is -0.930. The second kappa shape index (κ2) is 4.93. The van der Waals surface area contributed by atoms with Crippen molar-refractivity contribution in [2.45, 2.75) is 18.9 Å².